The zero-order valence-corrected chi connectivity index (χ0v) is 13.2. The van der Waals surface area contributed by atoms with Crippen LogP contribution in [-0.2, 0) is 0 Å². The second-order valence-corrected chi connectivity index (χ2v) is 6.90. The lowest BCUT2D eigenvalue weighted by Crippen LogP contribution is -2.32. The number of carbonyl (C=O) groups excluding carboxylic acids is 1. The van der Waals surface area contributed by atoms with E-state index in [9.17, 15) is 4.79 Å². The second-order valence-electron chi connectivity index (χ2n) is 6.05. The van der Waals surface area contributed by atoms with E-state index in [0.29, 0.717) is 16.7 Å². The lowest BCUT2D eigenvalue weighted by molar-refractivity contribution is 0.0756. The van der Waals surface area contributed by atoms with Gasteiger partial charge in [-0.25, -0.2) is 0 Å². The van der Waals surface area contributed by atoms with Crippen molar-refractivity contribution in [1.29, 1.82) is 0 Å². The molecule has 0 saturated carbocycles. The van der Waals surface area contributed by atoms with Crippen LogP contribution >= 0.6 is 15.9 Å². The first-order valence-corrected chi connectivity index (χ1v) is 7.53. The van der Waals surface area contributed by atoms with Gasteiger partial charge in [-0.05, 0) is 58.8 Å². The summed E-state index contributed by atoms with van der Waals surface area (Å²) in [6, 6.07) is 5.39. The van der Waals surface area contributed by atoms with Gasteiger partial charge in [0.15, 0.2) is 0 Å². The smallest absolute Gasteiger partial charge is 0.255 e. The molecule has 1 aliphatic rings. The fraction of sp³-hybridized carbons (Fsp3) is 0.533. The molecule has 0 aromatic heterocycles. The largest absolute Gasteiger partial charge is 0.399 e. The molecule has 0 unspecified atom stereocenters. The van der Waals surface area contributed by atoms with E-state index in [-0.39, 0.29) is 5.91 Å². The molecule has 1 aliphatic heterocycles. The van der Waals surface area contributed by atoms with Crippen LogP contribution in [0.3, 0.4) is 0 Å². The van der Waals surface area contributed by atoms with Crippen LogP contribution in [0, 0.1) is 5.41 Å². The summed E-state index contributed by atoms with van der Waals surface area (Å²) in [4.78, 5) is 14.5. The summed E-state index contributed by atoms with van der Waals surface area (Å²) in [7, 11) is 0. The van der Waals surface area contributed by atoms with E-state index in [0.717, 1.165) is 30.4 Å². The number of nitrogens with two attached hydrogens (primary N) is 1. The molecule has 0 spiro atoms. The summed E-state index contributed by atoms with van der Waals surface area (Å²) < 4.78 is 0.815. The molecule has 2 rings (SSSR count). The normalized spacial score (nSPS) is 19.0. The number of halogens is 1. The molecule has 1 aromatic carbocycles. The third-order valence-electron chi connectivity index (χ3n) is 3.85. The van der Waals surface area contributed by atoms with E-state index >= 15 is 0 Å². The van der Waals surface area contributed by atoms with Crippen LogP contribution in [0.1, 0.15) is 43.5 Å². The molecule has 1 fully saturated rings. The van der Waals surface area contributed by atoms with Crippen LogP contribution in [0.25, 0.3) is 0 Å². The standard InChI is InChI=1S/C15H21BrN2O/c1-15(2)6-3-8-18(9-7-15)14(19)12-10-11(17)4-5-13(12)16/h4-5,10H,3,6-9,17H2,1-2H3. The number of anilines is 1. The number of hydrogen-bond donors (Lipinski definition) is 1. The van der Waals surface area contributed by atoms with Gasteiger partial charge < -0.3 is 10.6 Å². The summed E-state index contributed by atoms with van der Waals surface area (Å²) in [6.07, 6.45) is 3.30. The van der Waals surface area contributed by atoms with Crippen molar-refractivity contribution in [2.75, 3.05) is 18.8 Å². The van der Waals surface area contributed by atoms with Gasteiger partial charge in [0, 0.05) is 23.2 Å². The van der Waals surface area contributed by atoms with Crippen molar-refractivity contribution in [1.82, 2.24) is 4.90 Å². The van der Waals surface area contributed by atoms with Gasteiger partial charge in [0.05, 0.1) is 5.56 Å². The number of carbonyl (C=O) groups is 1. The Labute approximate surface area is 123 Å². The van der Waals surface area contributed by atoms with Gasteiger partial charge in [-0.2, -0.15) is 0 Å². The Balaban J connectivity index is 2.17. The summed E-state index contributed by atoms with van der Waals surface area (Å²) in [5.74, 6) is 0.0804. The highest BCUT2D eigenvalue weighted by molar-refractivity contribution is 9.10. The number of benzene rings is 1. The lowest BCUT2D eigenvalue weighted by atomic mass is 9.85. The van der Waals surface area contributed by atoms with Crippen LogP contribution in [0.5, 0.6) is 0 Å². The monoisotopic (exact) mass is 324 g/mol. The Morgan fingerprint density at radius 2 is 2.05 bits per heavy atom. The number of hydrogen-bond acceptors (Lipinski definition) is 2. The van der Waals surface area contributed by atoms with Gasteiger partial charge in [-0.15, -0.1) is 0 Å². The second kappa shape index (κ2) is 5.53. The fourth-order valence-corrected chi connectivity index (χ4v) is 2.92. The first kappa shape index (κ1) is 14.4. The minimum absolute atomic E-state index is 0.0804. The maximum Gasteiger partial charge on any atom is 0.255 e. The Morgan fingerprint density at radius 3 is 2.79 bits per heavy atom. The summed E-state index contributed by atoms with van der Waals surface area (Å²) >= 11 is 3.44. The first-order valence-electron chi connectivity index (χ1n) is 6.73. The van der Waals surface area contributed by atoms with Gasteiger partial charge in [-0.1, -0.05) is 13.8 Å². The van der Waals surface area contributed by atoms with Crippen molar-refractivity contribution in [3.05, 3.63) is 28.2 Å². The van der Waals surface area contributed by atoms with Crippen LogP contribution in [0.2, 0.25) is 0 Å². The van der Waals surface area contributed by atoms with Crippen molar-refractivity contribution in [2.24, 2.45) is 5.41 Å². The average Bonchev–Trinajstić information content (AvgIpc) is 2.52. The van der Waals surface area contributed by atoms with Gasteiger partial charge in [-0.3, -0.25) is 4.79 Å². The van der Waals surface area contributed by atoms with Crippen LogP contribution in [0.4, 0.5) is 5.69 Å². The number of nitrogen functional groups attached to an aromatic ring is 1. The molecule has 3 nitrogen and oxygen atoms in total. The molecule has 0 atom stereocenters. The average molecular weight is 325 g/mol. The summed E-state index contributed by atoms with van der Waals surface area (Å²) in [5, 5.41) is 0. The number of likely N-dealkylation sites (tertiary alicyclic amines) is 1. The Kier molecular flexibility index (Phi) is 4.19. The zero-order chi connectivity index (χ0) is 14.0. The minimum Gasteiger partial charge on any atom is -0.399 e. The topological polar surface area (TPSA) is 46.3 Å². The highest BCUT2D eigenvalue weighted by Gasteiger charge is 2.26. The Bertz CT molecular complexity index is 485. The Hall–Kier alpha value is -1.03. The molecular formula is C15H21BrN2O. The van der Waals surface area contributed by atoms with E-state index < -0.39 is 0 Å². The minimum atomic E-state index is 0.0804. The number of nitrogens with zero attached hydrogens (tertiary/aromatic N) is 1. The van der Waals surface area contributed by atoms with Gasteiger partial charge in [0.2, 0.25) is 0 Å². The molecule has 0 bridgehead atoms. The maximum atomic E-state index is 12.6. The molecule has 19 heavy (non-hydrogen) atoms. The first-order chi connectivity index (χ1) is 8.89. The van der Waals surface area contributed by atoms with Crippen molar-refractivity contribution >= 4 is 27.5 Å². The molecule has 4 heteroatoms. The molecule has 1 amide bonds. The van der Waals surface area contributed by atoms with E-state index in [1.165, 1.54) is 6.42 Å². The number of rotatable bonds is 1. The summed E-state index contributed by atoms with van der Waals surface area (Å²) in [5.41, 5.74) is 7.41. The van der Waals surface area contributed by atoms with E-state index in [1.807, 2.05) is 11.0 Å². The molecule has 0 aliphatic carbocycles. The highest BCUT2D eigenvalue weighted by Crippen LogP contribution is 2.31. The number of amides is 1. The van der Waals surface area contributed by atoms with Gasteiger partial charge >= 0.3 is 0 Å². The summed E-state index contributed by atoms with van der Waals surface area (Å²) in [6.45, 7) is 6.21. The maximum absolute atomic E-state index is 12.6. The van der Waals surface area contributed by atoms with Crippen LogP contribution < -0.4 is 5.73 Å². The SMILES string of the molecule is CC1(C)CCCN(C(=O)c2cc(N)ccc2Br)CC1. The quantitative estimate of drug-likeness (QED) is 0.801. The Morgan fingerprint density at radius 1 is 1.32 bits per heavy atom. The van der Waals surface area contributed by atoms with Crippen LogP contribution in [-0.4, -0.2) is 23.9 Å². The van der Waals surface area contributed by atoms with Crippen molar-refractivity contribution in [3.63, 3.8) is 0 Å². The van der Waals surface area contributed by atoms with Crippen LogP contribution in [0.15, 0.2) is 22.7 Å². The molecule has 1 saturated heterocycles. The fourth-order valence-electron chi connectivity index (χ4n) is 2.50. The predicted octanol–water partition coefficient (Wildman–Crippen LogP) is 3.68. The molecule has 1 aromatic rings. The van der Waals surface area contributed by atoms with E-state index in [4.69, 9.17) is 5.73 Å². The predicted molar refractivity (Wildman–Crippen MR) is 82.1 cm³/mol. The highest BCUT2D eigenvalue weighted by atomic mass is 79.9. The van der Waals surface area contributed by atoms with Crippen molar-refractivity contribution in [3.8, 4) is 0 Å². The van der Waals surface area contributed by atoms with Crippen molar-refractivity contribution in [2.45, 2.75) is 33.1 Å². The molecule has 1 heterocycles. The van der Waals surface area contributed by atoms with E-state index in [1.54, 1.807) is 12.1 Å². The molecule has 0 radical (unpaired) electrons. The van der Waals surface area contributed by atoms with E-state index in [2.05, 4.69) is 29.8 Å². The van der Waals surface area contributed by atoms with Crippen molar-refractivity contribution < 1.29 is 4.79 Å². The lowest BCUT2D eigenvalue weighted by Gasteiger charge is -2.23. The van der Waals surface area contributed by atoms with Gasteiger partial charge in [0.1, 0.15) is 0 Å². The molecule has 104 valence electrons. The third kappa shape index (κ3) is 3.50. The zero-order valence-electron chi connectivity index (χ0n) is 11.6. The van der Waals surface area contributed by atoms with Gasteiger partial charge in [0.25, 0.3) is 5.91 Å². The molecular weight excluding hydrogens is 304 g/mol. The molecule has 2 N–H and O–H groups in total. The third-order valence-corrected chi connectivity index (χ3v) is 4.54.